The molecule has 160 valence electrons. The van der Waals surface area contributed by atoms with Crippen molar-refractivity contribution >= 4 is 46.8 Å². The summed E-state index contributed by atoms with van der Waals surface area (Å²) in [5.41, 5.74) is 6.29. The quantitative estimate of drug-likeness (QED) is 0.437. The van der Waals surface area contributed by atoms with E-state index >= 15 is 0 Å². The molecule has 3 aromatic rings. The molecule has 0 spiro atoms. The number of rotatable bonds is 4. The smallest absolute Gasteiger partial charge is 0.425 e. The van der Waals surface area contributed by atoms with Gasteiger partial charge in [0.05, 0.1) is 35.8 Å². The third-order valence-electron chi connectivity index (χ3n) is 4.27. The summed E-state index contributed by atoms with van der Waals surface area (Å²) in [6, 6.07) is 9.95. The Hall–Kier alpha value is -3.56. The van der Waals surface area contributed by atoms with E-state index in [1.165, 1.54) is 12.3 Å². The van der Waals surface area contributed by atoms with Crippen LogP contribution in [-0.4, -0.2) is 35.2 Å². The maximum absolute atomic E-state index is 13.0. The van der Waals surface area contributed by atoms with Crippen LogP contribution in [-0.2, 0) is 4.74 Å². The highest BCUT2D eigenvalue weighted by Crippen LogP contribution is 2.30. The van der Waals surface area contributed by atoms with E-state index in [2.05, 4.69) is 31.1 Å². The van der Waals surface area contributed by atoms with Crippen molar-refractivity contribution in [1.82, 2.24) is 21.0 Å². The normalized spacial score (nSPS) is 10.3. The molecule has 0 fully saturated rings. The number of aryl methyl sites for hydroxylation is 1. The SMILES string of the molecule is COC(=O)NNC(=O)c1cc(Cl)cc(C)c1NC(=O)c1cn[nH]c1-c1ccccc1Cl. The number of ether oxygens (including phenoxy) is 1. The van der Waals surface area contributed by atoms with Crippen molar-refractivity contribution in [3.8, 4) is 11.3 Å². The number of carbonyl (C=O) groups is 3. The van der Waals surface area contributed by atoms with Crippen molar-refractivity contribution in [2.24, 2.45) is 0 Å². The first kappa shape index (κ1) is 22.1. The zero-order valence-electron chi connectivity index (χ0n) is 16.4. The number of aromatic amines is 1. The summed E-state index contributed by atoms with van der Waals surface area (Å²) in [5, 5.41) is 10.2. The highest BCUT2D eigenvalue weighted by Gasteiger charge is 2.22. The first-order valence-corrected chi connectivity index (χ1v) is 9.61. The molecule has 9 nitrogen and oxygen atoms in total. The Kier molecular flexibility index (Phi) is 6.78. The standard InChI is InChI=1S/C20H17Cl2N5O4/c1-10-7-11(21)8-13(19(29)26-27-20(30)31-2)16(10)24-18(28)14-9-23-25-17(14)12-5-3-4-6-15(12)22/h3-9H,1-2H3,(H,23,25)(H,24,28)(H,26,29)(H,27,30). The lowest BCUT2D eigenvalue weighted by Crippen LogP contribution is -2.41. The fraction of sp³-hybridized carbons (Fsp3) is 0.100. The van der Waals surface area contributed by atoms with Crippen LogP contribution in [0.1, 0.15) is 26.3 Å². The number of nitrogens with zero attached hydrogens (tertiary/aromatic N) is 1. The molecule has 0 aliphatic heterocycles. The minimum atomic E-state index is -0.861. The number of anilines is 1. The fourth-order valence-corrected chi connectivity index (χ4v) is 3.33. The van der Waals surface area contributed by atoms with Gasteiger partial charge in [-0.2, -0.15) is 5.10 Å². The van der Waals surface area contributed by atoms with Gasteiger partial charge in [-0.05, 0) is 30.7 Å². The predicted octanol–water partition coefficient (Wildman–Crippen LogP) is 3.95. The summed E-state index contributed by atoms with van der Waals surface area (Å²) in [5.74, 6) is -1.23. The van der Waals surface area contributed by atoms with Gasteiger partial charge in [0.2, 0.25) is 0 Å². The highest BCUT2D eigenvalue weighted by molar-refractivity contribution is 6.33. The molecule has 4 N–H and O–H groups in total. The first-order valence-electron chi connectivity index (χ1n) is 8.86. The number of aromatic nitrogens is 2. The van der Waals surface area contributed by atoms with Crippen molar-refractivity contribution in [2.45, 2.75) is 6.92 Å². The lowest BCUT2D eigenvalue weighted by atomic mass is 10.1. The predicted molar refractivity (Wildman–Crippen MR) is 116 cm³/mol. The number of benzene rings is 2. The summed E-state index contributed by atoms with van der Waals surface area (Å²) < 4.78 is 4.41. The topological polar surface area (TPSA) is 125 Å². The molecule has 0 bridgehead atoms. The van der Waals surface area contributed by atoms with E-state index in [-0.39, 0.29) is 21.8 Å². The Balaban J connectivity index is 1.93. The number of H-pyrrole nitrogens is 1. The number of methoxy groups -OCH3 is 1. The first-order chi connectivity index (χ1) is 14.8. The Morgan fingerprint density at radius 1 is 1.03 bits per heavy atom. The van der Waals surface area contributed by atoms with Crippen LogP contribution in [0.4, 0.5) is 10.5 Å². The van der Waals surface area contributed by atoms with Crippen LogP contribution in [0.5, 0.6) is 0 Å². The number of amides is 3. The van der Waals surface area contributed by atoms with Crippen molar-refractivity contribution in [3.05, 3.63) is 69.3 Å². The van der Waals surface area contributed by atoms with Gasteiger partial charge in [-0.3, -0.25) is 20.1 Å². The molecule has 0 atom stereocenters. The van der Waals surface area contributed by atoms with Gasteiger partial charge < -0.3 is 10.1 Å². The van der Waals surface area contributed by atoms with Crippen molar-refractivity contribution in [1.29, 1.82) is 0 Å². The van der Waals surface area contributed by atoms with Crippen LogP contribution < -0.4 is 16.2 Å². The molecule has 0 radical (unpaired) electrons. The zero-order chi connectivity index (χ0) is 22.5. The van der Waals surface area contributed by atoms with Gasteiger partial charge in [-0.15, -0.1) is 0 Å². The number of halogens is 2. The van der Waals surface area contributed by atoms with Crippen LogP contribution in [0.25, 0.3) is 11.3 Å². The van der Waals surface area contributed by atoms with Crippen LogP contribution in [0, 0.1) is 6.92 Å². The third kappa shape index (κ3) is 4.96. The number of nitrogens with one attached hydrogen (secondary N) is 4. The summed E-state index contributed by atoms with van der Waals surface area (Å²) in [4.78, 5) is 36.8. The van der Waals surface area contributed by atoms with Gasteiger partial charge in [0, 0.05) is 15.6 Å². The van der Waals surface area contributed by atoms with E-state index in [1.807, 2.05) is 0 Å². The summed E-state index contributed by atoms with van der Waals surface area (Å²) >= 11 is 12.3. The van der Waals surface area contributed by atoms with Gasteiger partial charge in [-0.25, -0.2) is 10.2 Å². The zero-order valence-corrected chi connectivity index (χ0v) is 17.9. The van der Waals surface area contributed by atoms with Gasteiger partial charge in [0.25, 0.3) is 11.8 Å². The molecule has 1 aromatic heterocycles. The lowest BCUT2D eigenvalue weighted by molar-refractivity contribution is 0.0921. The van der Waals surface area contributed by atoms with E-state index < -0.39 is 17.9 Å². The van der Waals surface area contributed by atoms with Gasteiger partial charge >= 0.3 is 6.09 Å². The van der Waals surface area contributed by atoms with Crippen LogP contribution in [0.15, 0.2) is 42.6 Å². The molecule has 3 amide bonds. The fourth-order valence-electron chi connectivity index (χ4n) is 2.82. The second-order valence-corrected chi connectivity index (χ2v) is 7.15. The Bertz CT molecular complexity index is 1160. The Morgan fingerprint density at radius 3 is 2.48 bits per heavy atom. The van der Waals surface area contributed by atoms with Crippen LogP contribution >= 0.6 is 23.2 Å². The van der Waals surface area contributed by atoms with Crippen LogP contribution in [0.2, 0.25) is 10.0 Å². The lowest BCUT2D eigenvalue weighted by Gasteiger charge is -2.15. The molecule has 1 heterocycles. The Labute approximate surface area is 187 Å². The van der Waals surface area contributed by atoms with Crippen molar-refractivity contribution < 1.29 is 19.1 Å². The molecular formula is C20H17Cl2N5O4. The maximum atomic E-state index is 13.0. The number of hydrogen-bond acceptors (Lipinski definition) is 5. The largest absolute Gasteiger partial charge is 0.452 e. The second kappa shape index (κ2) is 9.50. The molecule has 2 aromatic carbocycles. The minimum absolute atomic E-state index is 0.0394. The second-order valence-electron chi connectivity index (χ2n) is 6.31. The van der Waals surface area contributed by atoms with E-state index in [9.17, 15) is 14.4 Å². The molecule has 0 aliphatic carbocycles. The maximum Gasteiger partial charge on any atom is 0.425 e. The molecule has 0 aliphatic rings. The average Bonchev–Trinajstić information content (AvgIpc) is 3.23. The monoisotopic (exact) mass is 461 g/mol. The number of carbonyl (C=O) groups excluding carboxylic acids is 3. The van der Waals surface area contributed by atoms with Gasteiger partial charge in [0.1, 0.15) is 0 Å². The molecule has 3 rings (SSSR count). The molecule has 0 unspecified atom stereocenters. The molecular weight excluding hydrogens is 445 g/mol. The molecule has 31 heavy (non-hydrogen) atoms. The van der Waals surface area contributed by atoms with Crippen molar-refractivity contribution in [2.75, 3.05) is 12.4 Å². The average molecular weight is 462 g/mol. The van der Waals surface area contributed by atoms with E-state index in [0.717, 1.165) is 7.11 Å². The number of hydrazine groups is 1. The number of hydrogen-bond donors (Lipinski definition) is 4. The summed E-state index contributed by atoms with van der Waals surface area (Å²) in [6.45, 7) is 1.68. The van der Waals surface area contributed by atoms with E-state index in [0.29, 0.717) is 21.8 Å². The summed E-state index contributed by atoms with van der Waals surface area (Å²) in [7, 11) is 1.15. The van der Waals surface area contributed by atoms with Gasteiger partial charge in [-0.1, -0.05) is 41.4 Å². The van der Waals surface area contributed by atoms with Crippen LogP contribution in [0.3, 0.4) is 0 Å². The Morgan fingerprint density at radius 2 is 1.77 bits per heavy atom. The molecule has 0 saturated heterocycles. The molecule has 0 saturated carbocycles. The molecule has 11 heteroatoms. The van der Waals surface area contributed by atoms with Crippen molar-refractivity contribution in [3.63, 3.8) is 0 Å². The van der Waals surface area contributed by atoms with E-state index in [4.69, 9.17) is 23.2 Å². The minimum Gasteiger partial charge on any atom is -0.452 e. The third-order valence-corrected chi connectivity index (χ3v) is 4.82. The highest BCUT2D eigenvalue weighted by atomic mass is 35.5. The van der Waals surface area contributed by atoms with E-state index in [1.54, 1.807) is 37.3 Å². The van der Waals surface area contributed by atoms with Gasteiger partial charge in [0.15, 0.2) is 0 Å². The summed E-state index contributed by atoms with van der Waals surface area (Å²) in [6.07, 6.45) is 0.498.